The van der Waals surface area contributed by atoms with Crippen molar-refractivity contribution in [3.05, 3.63) is 27.9 Å². The van der Waals surface area contributed by atoms with Gasteiger partial charge in [-0.05, 0) is 30.7 Å². The molecule has 134 valence electrons. The first-order valence-electron chi connectivity index (χ1n) is 7.34. The van der Waals surface area contributed by atoms with Gasteiger partial charge in [0, 0.05) is 11.5 Å². The highest BCUT2D eigenvalue weighted by Gasteiger charge is 2.30. The molecule has 25 heavy (non-hydrogen) atoms. The number of nitrogens with zero attached hydrogens (tertiary/aromatic N) is 1. The number of hydrogen-bond acceptors (Lipinski definition) is 6. The van der Waals surface area contributed by atoms with Crippen molar-refractivity contribution < 1.29 is 28.6 Å². The summed E-state index contributed by atoms with van der Waals surface area (Å²) < 4.78 is 16.1. The number of urea groups is 1. The minimum Gasteiger partial charge on any atom is -0.493 e. The monoisotopic (exact) mass is 412 g/mol. The SMILES string of the molecule is CCOC(=O)COc1cc(Br)c(/C=C2/NC(=O)N(C)C2=O)cc1OC. The number of benzene rings is 1. The lowest BCUT2D eigenvalue weighted by atomic mass is 10.1. The van der Waals surface area contributed by atoms with E-state index in [0.29, 0.717) is 21.5 Å². The summed E-state index contributed by atoms with van der Waals surface area (Å²) in [7, 11) is 2.84. The van der Waals surface area contributed by atoms with Gasteiger partial charge in [0.1, 0.15) is 5.70 Å². The van der Waals surface area contributed by atoms with Crippen molar-refractivity contribution in [3.63, 3.8) is 0 Å². The molecule has 1 N–H and O–H groups in total. The lowest BCUT2D eigenvalue weighted by Gasteiger charge is -2.12. The van der Waals surface area contributed by atoms with Gasteiger partial charge in [0.05, 0.1) is 13.7 Å². The Kier molecular flexibility index (Phi) is 6.02. The van der Waals surface area contributed by atoms with Gasteiger partial charge in [-0.3, -0.25) is 9.69 Å². The van der Waals surface area contributed by atoms with E-state index in [1.54, 1.807) is 19.1 Å². The normalized spacial score (nSPS) is 15.4. The molecule has 1 aliphatic rings. The largest absolute Gasteiger partial charge is 0.493 e. The molecule has 0 spiro atoms. The Morgan fingerprint density at radius 3 is 2.60 bits per heavy atom. The van der Waals surface area contributed by atoms with Crippen LogP contribution < -0.4 is 14.8 Å². The van der Waals surface area contributed by atoms with E-state index in [2.05, 4.69) is 21.2 Å². The van der Waals surface area contributed by atoms with Crippen LogP contribution in [0, 0.1) is 0 Å². The number of nitrogens with one attached hydrogen (secondary N) is 1. The van der Waals surface area contributed by atoms with Gasteiger partial charge in [-0.2, -0.15) is 0 Å². The second-order valence-electron chi connectivity index (χ2n) is 4.97. The number of hydrogen-bond donors (Lipinski definition) is 1. The molecule has 2 rings (SSSR count). The fraction of sp³-hybridized carbons (Fsp3) is 0.312. The average Bonchev–Trinajstić information content (AvgIpc) is 2.82. The van der Waals surface area contributed by atoms with E-state index >= 15 is 0 Å². The Morgan fingerprint density at radius 1 is 1.32 bits per heavy atom. The highest BCUT2D eigenvalue weighted by atomic mass is 79.9. The summed E-state index contributed by atoms with van der Waals surface area (Å²) >= 11 is 3.37. The average molecular weight is 413 g/mol. The van der Waals surface area contributed by atoms with Crippen molar-refractivity contribution in [3.8, 4) is 11.5 Å². The lowest BCUT2D eigenvalue weighted by Crippen LogP contribution is -2.25. The summed E-state index contributed by atoms with van der Waals surface area (Å²) in [5.41, 5.74) is 0.745. The van der Waals surface area contributed by atoms with E-state index in [0.717, 1.165) is 4.90 Å². The molecule has 0 aromatic heterocycles. The zero-order valence-corrected chi connectivity index (χ0v) is 15.5. The van der Waals surface area contributed by atoms with Gasteiger partial charge >= 0.3 is 12.0 Å². The third-order valence-electron chi connectivity index (χ3n) is 3.31. The van der Waals surface area contributed by atoms with Crippen LogP contribution in [-0.4, -0.2) is 50.2 Å². The molecule has 1 aromatic rings. The van der Waals surface area contributed by atoms with Crippen molar-refractivity contribution >= 4 is 39.9 Å². The lowest BCUT2D eigenvalue weighted by molar-refractivity contribution is -0.145. The summed E-state index contributed by atoms with van der Waals surface area (Å²) in [5, 5.41) is 2.48. The summed E-state index contributed by atoms with van der Waals surface area (Å²) in [6.07, 6.45) is 1.52. The predicted molar refractivity (Wildman–Crippen MR) is 92.1 cm³/mol. The molecule has 1 fully saturated rings. The van der Waals surface area contributed by atoms with Crippen molar-refractivity contribution in [1.29, 1.82) is 0 Å². The van der Waals surface area contributed by atoms with Crippen LogP contribution in [0.3, 0.4) is 0 Å². The fourth-order valence-electron chi connectivity index (χ4n) is 2.05. The van der Waals surface area contributed by atoms with Gasteiger partial charge in [0.25, 0.3) is 5.91 Å². The van der Waals surface area contributed by atoms with Crippen LogP contribution in [-0.2, 0) is 14.3 Å². The summed E-state index contributed by atoms with van der Waals surface area (Å²) in [5.74, 6) is -0.222. The Balaban J connectivity index is 2.26. The van der Waals surface area contributed by atoms with Gasteiger partial charge in [0.15, 0.2) is 18.1 Å². The van der Waals surface area contributed by atoms with Crippen LogP contribution in [0.2, 0.25) is 0 Å². The van der Waals surface area contributed by atoms with Crippen LogP contribution in [0.1, 0.15) is 12.5 Å². The molecule has 0 saturated carbocycles. The van der Waals surface area contributed by atoms with Crippen LogP contribution in [0.4, 0.5) is 4.79 Å². The van der Waals surface area contributed by atoms with Crippen LogP contribution >= 0.6 is 15.9 Å². The Morgan fingerprint density at radius 2 is 2.04 bits per heavy atom. The van der Waals surface area contributed by atoms with E-state index in [-0.39, 0.29) is 18.9 Å². The number of imide groups is 1. The Bertz CT molecular complexity index is 746. The number of carbonyl (C=O) groups excluding carboxylic acids is 3. The number of esters is 1. The molecule has 9 heteroatoms. The zero-order valence-electron chi connectivity index (χ0n) is 13.9. The molecule has 3 amide bonds. The minimum absolute atomic E-state index is 0.149. The molecular weight excluding hydrogens is 396 g/mol. The minimum atomic E-state index is -0.492. The maximum atomic E-state index is 11.9. The molecule has 0 radical (unpaired) electrons. The molecule has 1 heterocycles. The molecule has 1 saturated heterocycles. The molecule has 1 aromatic carbocycles. The topological polar surface area (TPSA) is 94.2 Å². The van der Waals surface area contributed by atoms with Crippen LogP contribution in [0.5, 0.6) is 11.5 Å². The first-order chi connectivity index (χ1) is 11.9. The van der Waals surface area contributed by atoms with Crippen molar-refractivity contribution in [2.45, 2.75) is 6.92 Å². The maximum Gasteiger partial charge on any atom is 0.344 e. The van der Waals surface area contributed by atoms with E-state index in [9.17, 15) is 14.4 Å². The summed E-state index contributed by atoms with van der Waals surface area (Å²) in [6, 6.07) is 2.74. The molecule has 1 aliphatic heterocycles. The number of halogens is 1. The van der Waals surface area contributed by atoms with Gasteiger partial charge in [-0.15, -0.1) is 0 Å². The van der Waals surface area contributed by atoms with Crippen LogP contribution in [0.25, 0.3) is 6.08 Å². The van der Waals surface area contributed by atoms with Crippen molar-refractivity contribution in [2.75, 3.05) is 27.4 Å². The first kappa shape index (κ1) is 18.8. The standard InChI is InChI=1S/C16H17BrN2O6/c1-4-24-14(20)8-25-13-7-10(17)9(6-12(13)23-3)5-11-15(21)19(2)16(22)18-11/h5-7H,4,8H2,1-3H3,(H,18,22)/b11-5+. The van der Waals surface area contributed by atoms with Gasteiger partial charge < -0.3 is 19.5 Å². The predicted octanol–water partition coefficient (Wildman–Crippen LogP) is 1.92. The van der Waals surface area contributed by atoms with E-state index in [1.165, 1.54) is 20.2 Å². The van der Waals surface area contributed by atoms with E-state index < -0.39 is 17.9 Å². The smallest absolute Gasteiger partial charge is 0.344 e. The number of ether oxygens (including phenoxy) is 3. The van der Waals surface area contributed by atoms with Crippen LogP contribution in [0.15, 0.2) is 22.3 Å². The molecule has 0 aliphatic carbocycles. The fourth-order valence-corrected chi connectivity index (χ4v) is 2.49. The Hall–Kier alpha value is -2.55. The zero-order chi connectivity index (χ0) is 18.6. The highest BCUT2D eigenvalue weighted by Crippen LogP contribution is 2.34. The van der Waals surface area contributed by atoms with E-state index in [1.807, 2.05) is 0 Å². The maximum absolute atomic E-state index is 11.9. The number of rotatable bonds is 6. The number of likely N-dealkylation sites (N-methyl/N-ethyl adjacent to an activating group) is 1. The van der Waals surface area contributed by atoms with Gasteiger partial charge in [-0.1, -0.05) is 15.9 Å². The third-order valence-corrected chi connectivity index (χ3v) is 4.00. The number of carbonyl (C=O) groups is 3. The third kappa shape index (κ3) is 4.30. The molecule has 0 unspecified atom stereocenters. The molecular formula is C16H17BrN2O6. The quantitative estimate of drug-likeness (QED) is 0.435. The first-order valence-corrected chi connectivity index (χ1v) is 8.13. The number of methoxy groups -OCH3 is 1. The Labute approximate surface area is 152 Å². The molecule has 8 nitrogen and oxygen atoms in total. The van der Waals surface area contributed by atoms with E-state index in [4.69, 9.17) is 14.2 Å². The number of amides is 3. The highest BCUT2D eigenvalue weighted by molar-refractivity contribution is 9.10. The molecule has 0 atom stereocenters. The van der Waals surface area contributed by atoms with Gasteiger partial charge in [-0.25, -0.2) is 9.59 Å². The van der Waals surface area contributed by atoms with Gasteiger partial charge in [0.2, 0.25) is 0 Å². The second-order valence-corrected chi connectivity index (χ2v) is 5.82. The van der Waals surface area contributed by atoms with Crippen molar-refractivity contribution in [2.24, 2.45) is 0 Å². The summed E-state index contributed by atoms with van der Waals surface area (Å²) in [6.45, 7) is 1.72. The second kappa shape index (κ2) is 8.02. The summed E-state index contributed by atoms with van der Waals surface area (Å²) in [4.78, 5) is 35.8. The molecule has 0 bridgehead atoms. The van der Waals surface area contributed by atoms with Crippen molar-refractivity contribution in [1.82, 2.24) is 10.2 Å².